The van der Waals surface area contributed by atoms with Crippen molar-refractivity contribution in [2.75, 3.05) is 49.9 Å². The Kier molecular flexibility index (Phi) is 7.98. The molecule has 0 saturated heterocycles. The van der Waals surface area contributed by atoms with Crippen LogP contribution in [-0.2, 0) is 0 Å². The van der Waals surface area contributed by atoms with E-state index in [1.165, 1.54) is 0 Å². The maximum absolute atomic E-state index is 13.4. The minimum Gasteiger partial charge on any atom is -0.383 e. The van der Waals surface area contributed by atoms with Gasteiger partial charge in [-0.15, -0.1) is 0 Å². The second-order valence-electron chi connectivity index (χ2n) is 8.24. The van der Waals surface area contributed by atoms with Crippen LogP contribution in [-0.4, -0.2) is 50.8 Å². The van der Waals surface area contributed by atoms with Gasteiger partial charge in [0.05, 0.1) is 11.1 Å². The van der Waals surface area contributed by atoms with E-state index in [9.17, 15) is 9.59 Å². The van der Waals surface area contributed by atoms with Crippen molar-refractivity contribution < 1.29 is 9.59 Å². The average molecular weight is 433 g/mol. The van der Waals surface area contributed by atoms with Crippen molar-refractivity contribution in [2.45, 2.75) is 13.8 Å². The molecule has 6 heteroatoms. The van der Waals surface area contributed by atoms with Gasteiger partial charge in [0.25, 0.3) is 0 Å². The van der Waals surface area contributed by atoms with Crippen molar-refractivity contribution in [3.63, 3.8) is 0 Å². The average Bonchev–Trinajstić information content (AvgIpc) is 2.76. The summed E-state index contributed by atoms with van der Waals surface area (Å²) in [6, 6.07) is 10.8. The lowest BCUT2D eigenvalue weighted by Crippen LogP contribution is -2.28. The number of carbonyl (C=O) groups is 2. The molecule has 0 saturated carbocycles. The minimum absolute atomic E-state index is 0.128. The summed E-state index contributed by atoms with van der Waals surface area (Å²) < 4.78 is 0. The molecule has 1 aliphatic carbocycles. The van der Waals surface area contributed by atoms with Crippen LogP contribution in [0, 0.1) is 0 Å². The van der Waals surface area contributed by atoms with E-state index in [1.807, 2.05) is 26.0 Å². The van der Waals surface area contributed by atoms with E-state index in [2.05, 4.69) is 34.4 Å². The first kappa shape index (κ1) is 23.4. The Morgan fingerprint density at radius 1 is 0.688 bits per heavy atom. The van der Waals surface area contributed by atoms with Crippen LogP contribution in [0.3, 0.4) is 0 Å². The fraction of sp³-hybridized carbons (Fsp3) is 0.308. The number of fused-ring (bicyclic) bond motifs is 2. The summed E-state index contributed by atoms with van der Waals surface area (Å²) in [4.78, 5) is 26.8. The van der Waals surface area contributed by atoms with Crippen LogP contribution in [0.2, 0.25) is 0 Å². The van der Waals surface area contributed by atoms with Gasteiger partial charge in [0, 0.05) is 61.8 Å². The highest BCUT2D eigenvalue weighted by atomic mass is 16.1. The topological polar surface area (TPSA) is 82.3 Å². The van der Waals surface area contributed by atoms with Crippen LogP contribution in [0.15, 0.2) is 60.7 Å². The van der Waals surface area contributed by atoms with Gasteiger partial charge in [0.1, 0.15) is 0 Å². The highest BCUT2D eigenvalue weighted by Gasteiger charge is 2.33. The summed E-state index contributed by atoms with van der Waals surface area (Å²) in [5, 5.41) is 13.2. The standard InChI is InChI=1S/C26H32N4O2/c1-17(2)15-27-11-13-29-21-9-10-22(30-14-12-28-16-18(3)4)24-23(21)25(31)19-7-5-6-8-20(19)26(24)32/h5-10,27-30H,1,3,11-16H2,2,4H3. The van der Waals surface area contributed by atoms with Gasteiger partial charge in [-0.1, -0.05) is 48.6 Å². The van der Waals surface area contributed by atoms with E-state index in [4.69, 9.17) is 0 Å². The van der Waals surface area contributed by atoms with Crippen molar-refractivity contribution in [3.05, 3.63) is 83.0 Å². The second kappa shape index (κ2) is 10.9. The van der Waals surface area contributed by atoms with E-state index in [1.54, 1.807) is 24.3 Å². The van der Waals surface area contributed by atoms with Crippen LogP contribution in [0.5, 0.6) is 0 Å². The Morgan fingerprint density at radius 2 is 1.09 bits per heavy atom. The molecule has 0 atom stereocenters. The molecule has 3 rings (SSSR count). The van der Waals surface area contributed by atoms with Crippen LogP contribution in [0.1, 0.15) is 45.7 Å². The van der Waals surface area contributed by atoms with Crippen LogP contribution < -0.4 is 21.3 Å². The van der Waals surface area contributed by atoms with E-state index in [0.717, 1.165) is 37.3 Å². The van der Waals surface area contributed by atoms with Gasteiger partial charge >= 0.3 is 0 Å². The molecule has 2 aromatic carbocycles. The number of anilines is 2. The summed E-state index contributed by atoms with van der Waals surface area (Å²) in [5.74, 6) is -0.256. The molecule has 4 N–H and O–H groups in total. The lowest BCUT2D eigenvalue weighted by atomic mass is 9.82. The molecule has 0 unspecified atom stereocenters. The molecule has 1 aliphatic rings. The molecule has 0 radical (unpaired) electrons. The first-order valence-electron chi connectivity index (χ1n) is 10.9. The van der Waals surface area contributed by atoms with Gasteiger partial charge in [-0.25, -0.2) is 0 Å². The van der Waals surface area contributed by atoms with Crippen molar-refractivity contribution >= 4 is 22.9 Å². The lowest BCUT2D eigenvalue weighted by molar-refractivity contribution is 0.0980. The zero-order chi connectivity index (χ0) is 23.1. The second-order valence-corrected chi connectivity index (χ2v) is 8.24. The zero-order valence-corrected chi connectivity index (χ0v) is 18.9. The molecule has 0 fully saturated rings. The molecule has 0 spiro atoms. The number of nitrogens with one attached hydrogen (secondary N) is 4. The number of ketones is 2. The number of hydrogen-bond acceptors (Lipinski definition) is 6. The molecule has 32 heavy (non-hydrogen) atoms. The first-order valence-corrected chi connectivity index (χ1v) is 10.9. The fourth-order valence-corrected chi connectivity index (χ4v) is 3.69. The van der Waals surface area contributed by atoms with E-state index >= 15 is 0 Å². The first-order chi connectivity index (χ1) is 15.4. The Labute approximate surface area is 190 Å². The van der Waals surface area contributed by atoms with Gasteiger partial charge in [-0.05, 0) is 26.0 Å². The minimum atomic E-state index is -0.128. The highest BCUT2D eigenvalue weighted by Crippen LogP contribution is 2.36. The SMILES string of the molecule is C=C(C)CNCCNc1ccc(NCCNCC(=C)C)c2c1C(=O)c1ccccc1C2=O. The smallest absolute Gasteiger partial charge is 0.196 e. The number of hydrogen-bond donors (Lipinski definition) is 4. The van der Waals surface area contributed by atoms with Crippen LogP contribution in [0.25, 0.3) is 0 Å². The van der Waals surface area contributed by atoms with Gasteiger partial charge in [0.2, 0.25) is 0 Å². The number of carbonyl (C=O) groups excluding carboxylic acids is 2. The molecule has 0 aromatic heterocycles. The summed E-state index contributed by atoms with van der Waals surface area (Å²) >= 11 is 0. The van der Waals surface area contributed by atoms with Crippen molar-refractivity contribution in [1.82, 2.24) is 10.6 Å². The lowest BCUT2D eigenvalue weighted by Gasteiger charge is -2.24. The highest BCUT2D eigenvalue weighted by molar-refractivity contribution is 6.31. The number of rotatable bonds is 12. The summed E-state index contributed by atoms with van der Waals surface area (Å²) in [6.07, 6.45) is 0. The van der Waals surface area contributed by atoms with Crippen molar-refractivity contribution in [3.8, 4) is 0 Å². The molecule has 2 aromatic rings. The number of benzene rings is 2. The van der Waals surface area contributed by atoms with Gasteiger partial charge < -0.3 is 21.3 Å². The third-order valence-corrected chi connectivity index (χ3v) is 5.16. The Balaban J connectivity index is 1.84. The van der Waals surface area contributed by atoms with Gasteiger partial charge in [0.15, 0.2) is 11.6 Å². The summed E-state index contributed by atoms with van der Waals surface area (Å²) in [6.45, 7) is 15.9. The molecule has 0 amide bonds. The predicted octanol–water partition coefficient (Wildman–Crippen LogP) is 3.62. The molecule has 0 aliphatic heterocycles. The molecule has 0 bridgehead atoms. The third kappa shape index (κ3) is 5.52. The summed E-state index contributed by atoms with van der Waals surface area (Å²) in [7, 11) is 0. The fourth-order valence-electron chi connectivity index (χ4n) is 3.69. The Morgan fingerprint density at radius 3 is 1.47 bits per heavy atom. The molecular formula is C26H32N4O2. The molecule has 6 nitrogen and oxygen atoms in total. The monoisotopic (exact) mass is 432 g/mol. The molecular weight excluding hydrogens is 400 g/mol. The maximum atomic E-state index is 13.4. The van der Waals surface area contributed by atoms with Gasteiger partial charge in [-0.3, -0.25) is 9.59 Å². The largest absolute Gasteiger partial charge is 0.383 e. The summed E-state index contributed by atoms with van der Waals surface area (Å²) in [5.41, 5.74) is 5.26. The van der Waals surface area contributed by atoms with Crippen LogP contribution in [0.4, 0.5) is 11.4 Å². The quantitative estimate of drug-likeness (QED) is 0.259. The van der Waals surface area contributed by atoms with Crippen molar-refractivity contribution in [1.29, 1.82) is 0 Å². The Hall–Kier alpha value is -3.22. The maximum Gasteiger partial charge on any atom is 0.196 e. The van der Waals surface area contributed by atoms with E-state index in [0.29, 0.717) is 46.7 Å². The van der Waals surface area contributed by atoms with Crippen LogP contribution >= 0.6 is 0 Å². The van der Waals surface area contributed by atoms with E-state index < -0.39 is 0 Å². The zero-order valence-electron chi connectivity index (χ0n) is 18.9. The third-order valence-electron chi connectivity index (χ3n) is 5.16. The normalized spacial score (nSPS) is 12.2. The predicted molar refractivity (Wildman–Crippen MR) is 132 cm³/mol. The van der Waals surface area contributed by atoms with E-state index in [-0.39, 0.29) is 11.6 Å². The molecule has 0 heterocycles. The Bertz CT molecular complexity index is 960. The molecule has 168 valence electrons. The van der Waals surface area contributed by atoms with Crippen molar-refractivity contribution in [2.24, 2.45) is 0 Å². The van der Waals surface area contributed by atoms with Gasteiger partial charge in [-0.2, -0.15) is 0 Å².